The maximum Gasteiger partial charge on any atom is 0.100 e. The first-order chi connectivity index (χ1) is 12.3. The van der Waals surface area contributed by atoms with Crippen molar-refractivity contribution in [1.29, 1.82) is 0 Å². The van der Waals surface area contributed by atoms with Gasteiger partial charge in [0.25, 0.3) is 0 Å². The molecule has 0 aliphatic carbocycles. The number of ether oxygens (including phenoxy) is 2. The van der Waals surface area contributed by atoms with Gasteiger partial charge in [-0.25, -0.2) is 0 Å². The molecule has 0 saturated carbocycles. The first kappa shape index (κ1) is 16.6. The van der Waals surface area contributed by atoms with E-state index in [2.05, 4.69) is 20.2 Å². The molecule has 0 radical (unpaired) electrons. The van der Waals surface area contributed by atoms with Crippen LogP contribution in [0.25, 0.3) is 0 Å². The summed E-state index contributed by atoms with van der Waals surface area (Å²) < 4.78 is 13.4. The van der Waals surface area contributed by atoms with Crippen LogP contribution in [0, 0.1) is 5.92 Å². The van der Waals surface area contributed by atoms with E-state index >= 15 is 0 Å². The lowest BCUT2D eigenvalue weighted by Crippen LogP contribution is -2.39. The molecule has 4 rings (SSSR count). The Morgan fingerprint density at radius 2 is 2.36 bits per heavy atom. The van der Waals surface area contributed by atoms with Crippen molar-refractivity contribution in [2.24, 2.45) is 13.0 Å². The van der Waals surface area contributed by atoms with Gasteiger partial charge in [0.1, 0.15) is 5.69 Å². The van der Waals surface area contributed by atoms with Gasteiger partial charge < -0.3 is 9.47 Å². The molecule has 7 heteroatoms. The molecule has 1 saturated heterocycles. The van der Waals surface area contributed by atoms with Gasteiger partial charge in [0.15, 0.2) is 0 Å². The van der Waals surface area contributed by atoms with Crippen molar-refractivity contribution in [3.63, 3.8) is 0 Å². The Morgan fingerprint density at radius 1 is 1.40 bits per heavy atom. The highest BCUT2D eigenvalue weighted by atomic mass is 16.5. The van der Waals surface area contributed by atoms with Gasteiger partial charge >= 0.3 is 0 Å². The summed E-state index contributed by atoms with van der Waals surface area (Å²) in [5.74, 6) is 0.929. The highest BCUT2D eigenvalue weighted by molar-refractivity contribution is 5.19. The highest BCUT2D eigenvalue weighted by Crippen LogP contribution is 2.28. The maximum atomic E-state index is 6.00. The van der Waals surface area contributed by atoms with Gasteiger partial charge in [-0.2, -0.15) is 0 Å². The van der Waals surface area contributed by atoms with Crippen LogP contribution < -0.4 is 0 Å². The maximum absolute atomic E-state index is 6.00. The van der Waals surface area contributed by atoms with Crippen molar-refractivity contribution in [2.45, 2.75) is 25.5 Å². The summed E-state index contributed by atoms with van der Waals surface area (Å²) in [6.45, 7) is 5.95. The quantitative estimate of drug-likeness (QED) is 0.789. The van der Waals surface area contributed by atoms with Crippen LogP contribution >= 0.6 is 0 Å². The van der Waals surface area contributed by atoms with Gasteiger partial charge in [0, 0.05) is 51.6 Å². The van der Waals surface area contributed by atoms with Crippen molar-refractivity contribution >= 4 is 0 Å². The van der Waals surface area contributed by atoms with Gasteiger partial charge in [-0.3, -0.25) is 14.6 Å². The van der Waals surface area contributed by atoms with Gasteiger partial charge in [-0.05, 0) is 24.0 Å². The number of nitrogens with zero attached hydrogens (tertiary/aromatic N) is 5. The molecular weight excluding hydrogens is 318 g/mol. The summed E-state index contributed by atoms with van der Waals surface area (Å²) in [6.07, 6.45) is 4.79. The van der Waals surface area contributed by atoms with Crippen LogP contribution in [0.2, 0.25) is 0 Å². The molecule has 134 valence electrons. The summed E-state index contributed by atoms with van der Waals surface area (Å²) in [5, 5.41) is 8.60. The Hall–Kier alpha value is -1.83. The number of hydrogen-bond acceptors (Lipinski definition) is 6. The first-order valence-electron chi connectivity index (χ1n) is 8.95. The van der Waals surface area contributed by atoms with Crippen molar-refractivity contribution < 1.29 is 9.47 Å². The molecule has 2 aromatic rings. The third-order valence-electron chi connectivity index (χ3n) is 5.03. The van der Waals surface area contributed by atoms with E-state index in [1.54, 1.807) is 6.20 Å². The molecule has 0 spiro atoms. The average Bonchev–Trinajstić information content (AvgIpc) is 3.26. The molecule has 0 amide bonds. The van der Waals surface area contributed by atoms with Crippen LogP contribution in [-0.2, 0) is 29.7 Å². The molecule has 2 aliphatic rings. The van der Waals surface area contributed by atoms with E-state index in [0.29, 0.717) is 25.0 Å². The lowest BCUT2D eigenvalue weighted by Gasteiger charge is -2.33. The molecule has 1 fully saturated rings. The Kier molecular flexibility index (Phi) is 5.05. The zero-order chi connectivity index (χ0) is 17.1. The summed E-state index contributed by atoms with van der Waals surface area (Å²) >= 11 is 0. The fraction of sp³-hybridized carbons (Fsp3) is 0.611. The third-order valence-corrected chi connectivity index (χ3v) is 5.03. The minimum atomic E-state index is 0.294. The van der Waals surface area contributed by atoms with E-state index in [-0.39, 0.29) is 0 Å². The predicted octanol–water partition coefficient (Wildman–Crippen LogP) is 1.36. The summed E-state index contributed by atoms with van der Waals surface area (Å²) in [6, 6.07) is 3.98. The molecule has 2 aromatic heterocycles. The zero-order valence-electron chi connectivity index (χ0n) is 14.7. The topological polar surface area (TPSA) is 65.3 Å². The molecule has 0 aromatic carbocycles. The Bertz CT molecular complexity index is 684. The van der Waals surface area contributed by atoms with E-state index in [4.69, 9.17) is 9.47 Å². The SMILES string of the molecule is Cn1nnc2c1C(COCc1cccnc1)CN(CC1CCOC1)C2. The van der Waals surface area contributed by atoms with Gasteiger partial charge in [0.2, 0.25) is 0 Å². The van der Waals surface area contributed by atoms with Crippen molar-refractivity contribution in [2.75, 3.05) is 32.9 Å². The molecule has 25 heavy (non-hydrogen) atoms. The molecule has 2 atom stereocenters. The number of rotatable bonds is 6. The normalized spacial score (nSPS) is 23.7. The Labute approximate surface area is 147 Å². The molecule has 7 nitrogen and oxygen atoms in total. The minimum absolute atomic E-state index is 0.294. The van der Waals surface area contributed by atoms with Crippen LogP contribution in [0.1, 0.15) is 29.3 Å². The third kappa shape index (κ3) is 3.89. The number of hydrogen-bond donors (Lipinski definition) is 0. The molecule has 4 heterocycles. The molecule has 0 N–H and O–H groups in total. The molecule has 2 aliphatic heterocycles. The van der Waals surface area contributed by atoms with Crippen LogP contribution in [0.15, 0.2) is 24.5 Å². The standard InChI is InChI=1S/C18H25N5O2/c1-22-18-16(13-25-11-14-3-2-5-19-7-14)9-23(10-17(18)20-21-22)8-15-4-6-24-12-15/h2-3,5,7,15-16H,4,6,8-13H2,1H3. The van der Waals surface area contributed by atoms with E-state index in [9.17, 15) is 0 Å². The fourth-order valence-electron chi connectivity index (χ4n) is 3.86. The number of aromatic nitrogens is 4. The smallest absolute Gasteiger partial charge is 0.100 e. The van der Waals surface area contributed by atoms with E-state index in [0.717, 1.165) is 50.5 Å². The second-order valence-corrected chi connectivity index (χ2v) is 7.04. The lowest BCUT2D eigenvalue weighted by atomic mass is 9.97. The monoisotopic (exact) mass is 343 g/mol. The average molecular weight is 343 g/mol. The van der Waals surface area contributed by atoms with Crippen LogP contribution in [0.4, 0.5) is 0 Å². The first-order valence-corrected chi connectivity index (χ1v) is 8.95. The fourth-order valence-corrected chi connectivity index (χ4v) is 3.86. The van der Waals surface area contributed by atoms with Gasteiger partial charge in [-0.15, -0.1) is 5.10 Å². The van der Waals surface area contributed by atoms with E-state index in [1.165, 1.54) is 5.69 Å². The molecule has 2 unspecified atom stereocenters. The van der Waals surface area contributed by atoms with Gasteiger partial charge in [0.05, 0.1) is 25.5 Å². The van der Waals surface area contributed by atoms with Crippen LogP contribution in [-0.4, -0.2) is 57.8 Å². The summed E-state index contributed by atoms with van der Waals surface area (Å²) in [7, 11) is 1.97. The summed E-state index contributed by atoms with van der Waals surface area (Å²) in [4.78, 5) is 6.62. The van der Waals surface area contributed by atoms with Crippen LogP contribution in [0.3, 0.4) is 0 Å². The van der Waals surface area contributed by atoms with Crippen LogP contribution in [0.5, 0.6) is 0 Å². The van der Waals surface area contributed by atoms with Crippen molar-refractivity contribution in [3.05, 3.63) is 41.5 Å². The molecule has 0 bridgehead atoms. The van der Waals surface area contributed by atoms with Crippen molar-refractivity contribution in [3.8, 4) is 0 Å². The lowest BCUT2D eigenvalue weighted by molar-refractivity contribution is 0.0793. The minimum Gasteiger partial charge on any atom is -0.381 e. The Balaban J connectivity index is 1.40. The number of fused-ring (bicyclic) bond motifs is 1. The second kappa shape index (κ2) is 7.59. The summed E-state index contributed by atoms with van der Waals surface area (Å²) in [5.41, 5.74) is 3.40. The van der Waals surface area contributed by atoms with E-state index in [1.807, 2.05) is 30.1 Å². The zero-order valence-corrected chi connectivity index (χ0v) is 14.7. The van der Waals surface area contributed by atoms with E-state index < -0.39 is 0 Å². The second-order valence-electron chi connectivity index (χ2n) is 7.04. The highest BCUT2D eigenvalue weighted by Gasteiger charge is 2.31. The number of pyridine rings is 1. The Morgan fingerprint density at radius 3 is 3.16 bits per heavy atom. The largest absolute Gasteiger partial charge is 0.381 e. The predicted molar refractivity (Wildman–Crippen MR) is 91.8 cm³/mol. The van der Waals surface area contributed by atoms with Gasteiger partial charge in [-0.1, -0.05) is 11.3 Å². The van der Waals surface area contributed by atoms with Crippen molar-refractivity contribution in [1.82, 2.24) is 24.9 Å². The number of aryl methyl sites for hydroxylation is 1. The molecular formula is C18H25N5O2.